The van der Waals surface area contributed by atoms with Crippen LogP contribution in [-0.2, 0) is 24.1 Å². The maximum atomic E-state index is 13.1. The van der Waals surface area contributed by atoms with E-state index in [1.54, 1.807) is 7.11 Å². The number of aromatic amines is 1. The van der Waals surface area contributed by atoms with Gasteiger partial charge in [0, 0.05) is 29.4 Å². The first-order valence-corrected chi connectivity index (χ1v) is 9.83. The van der Waals surface area contributed by atoms with Gasteiger partial charge in [0.15, 0.2) is 0 Å². The number of hydrogen-bond acceptors (Lipinski definition) is 3. The predicted octanol–water partition coefficient (Wildman–Crippen LogP) is 3.78. The van der Waals surface area contributed by atoms with Crippen molar-refractivity contribution in [2.75, 3.05) is 18.6 Å². The van der Waals surface area contributed by atoms with E-state index in [1.165, 1.54) is 22.4 Å². The number of nitrogens with one attached hydrogen (secondary N) is 1. The van der Waals surface area contributed by atoms with Crippen LogP contribution in [-0.4, -0.2) is 29.8 Å². The minimum Gasteiger partial charge on any atom is -0.497 e. The standard InChI is InChI=1S/C23H23N3O2/c1-28-19-4-2-3-15(12-19)11-17-9-10-26(23(17)27)18-6-7-20-16(13-18)5-8-22-21(20)14-24-25-22/h2-4,6-7,12-14,17H,5,8-11H2,1H3,(H,24,25)/t17-/m1/s1. The molecule has 1 saturated heterocycles. The van der Waals surface area contributed by atoms with Crippen molar-refractivity contribution in [1.29, 1.82) is 0 Å². The summed E-state index contributed by atoms with van der Waals surface area (Å²) < 4.78 is 5.31. The zero-order valence-electron chi connectivity index (χ0n) is 15.9. The Kier molecular flexibility index (Phi) is 4.15. The number of methoxy groups -OCH3 is 1. The fourth-order valence-corrected chi connectivity index (χ4v) is 4.48. The van der Waals surface area contributed by atoms with Gasteiger partial charge in [-0.3, -0.25) is 9.89 Å². The lowest BCUT2D eigenvalue weighted by atomic mass is 9.89. The van der Waals surface area contributed by atoms with Gasteiger partial charge in [0.05, 0.1) is 13.3 Å². The average molecular weight is 373 g/mol. The number of aromatic nitrogens is 2. The predicted molar refractivity (Wildman–Crippen MR) is 109 cm³/mol. The summed E-state index contributed by atoms with van der Waals surface area (Å²) in [6.45, 7) is 0.781. The van der Waals surface area contributed by atoms with E-state index in [0.717, 1.165) is 49.2 Å². The van der Waals surface area contributed by atoms with E-state index in [1.807, 2.05) is 29.3 Å². The molecule has 1 atom stereocenters. The molecule has 1 N–H and O–H groups in total. The van der Waals surface area contributed by atoms with E-state index in [9.17, 15) is 4.79 Å². The van der Waals surface area contributed by atoms with Crippen LogP contribution in [0.4, 0.5) is 5.69 Å². The Hall–Kier alpha value is -3.08. The van der Waals surface area contributed by atoms with Crippen molar-refractivity contribution in [3.63, 3.8) is 0 Å². The lowest BCUT2D eigenvalue weighted by Gasteiger charge is -2.21. The molecular formula is C23H23N3O2. The molecule has 5 nitrogen and oxygen atoms in total. The Labute approximate surface area is 164 Å². The summed E-state index contributed by atoms with van der Waals surface area (Å²) in [5.74, 6) is 1.10. The molecular weight excluding hydrogens is 350 g/mol. The van der Waals surface area contributed by atoms with Crippen LogP contribution in [0.1, 0.15) is 23.2 Å². The van der Waals surface area contributed by atoms with E-state index in [-0.39, 0.29) is 11.8 Å². The Balaban J connectivity index is 1.36. The molecule has 0 saturated carbocycles. The van der Waals surface area contributed by atoms with Crippen molar-refractivity contribution in [1.82, 2.24) is 10.2 Å². The minimum atomic E-state index is 0.0311. The number of aryl methyl sites for hydroxylation is 2. The van der Waals surface area contributed by atoms with Gasteiger partial charge in [-0.1, -0.05) is 18.2 Å². The molecule has 5 heteroatoms. The first kappa shape index (κ1) is 17.0. The van der Waals surface area contributed by atoms with E-state index in [0.29, 0.717) is 0 Å². The highest BCUT2D eigenvalue weighted by Gasteiger charge is 2.33. The van der Waals surface area contributed by atoms with Crippen molar-refractivity contribution >= 4 is 11.6 Å². The van der Waals surface area contributed by atoms with Crippen LogP contribution in [0.3, 0.4) is 0 Å². The van der Waals surface area contributed by atoms with Gasteiger partial charge >= 0.3 is 0 Å². The SMILES string of the molecule is COc1cccc(C[C@H]2CCN(c3ccc4c(c3)CCc3[nH]ncc3-4)C2=O)c1. The number of carbonyl (C=O) groups is 1. The van der Waals surface area contributed by atoms with Crippen LogP contribution in [0.2, 0.25) is 0 Å². The highest BCUT2D eigenvalue weighted by Crippen LogP contribution is 2.36. The summed E-state index contributed by atoms with van der Waals surface area (Å²) >= 11 is 0. The molecule has 2 aromatic carbocycles. The second-order valence-corrected chi connectivity index (χ2v) is 7.63. The second-order valence-electron chi connectivity index (χ2n) is 7.63. The zero-order chi connectivity index (χ0) is 19.1. The highest BCUT2D eigenvalue weighted by molar-refractivity contribution is 5.97. The Morgan fingerprint density at radius 1 is 1.18 bits per heavy atom. The number of ether oxygens (including phenoxy) is 1. The van der Waals surface area contributed by atoms with Gasteiger partial charge < -0.3 is 9.64 Å². The number of anilines is 1. The van der Waals surface area contributed by atoms with Gasteiger partial charge in [-0.05, 0) is 66.6 Å². The smallest absolute Gasteiger partial charge is 0.230 e. The minimum absolute atomic E-state index is 0.0311. The van der Waals surface area contributed by atoms with Crippen LogP contribution in [0.25, 0.3) is 11.1 Å². The molecule has 1 amide bonds. The largest absolute Gasteiger partial charge is 0.497 e. The van der Waals surface area contributed by atoms with Gasteiger partial charge in [-0.25, -0.2) is 0 Å². The molecule has 0 spiro atoms. The van der Waals surface area contributed by atoms with Crippen LogP contribution < -0.4 is 9.64 Å². The molecule has 0 bridgehead atoms. The Morgan fingerprint density at radius 2 is 2.11 bits per heavy atom. The van der Waals surface area contributed by atoms with E-state index in [4.69, 9.17) is 4.74 Å². The summed E-state index contributed by atoms with van der Waals surface area (Å²) in [5.41, 5.74) is 7.10. The Morgan fingerprint density at radius 3 is 3.00 bits per heavy atom. The van der Waals surface area contributed by atoms with E-state index < -0.39 is 0 Å². The third-order valence-corrected chi connectivity index (χ3v) is 5.99. The number of nitrogens with zero attached hydrogens (tertiary/aromatic N) is 2. The number of rotatable bonds is 4. The second kappa shape index (κ2) is 6.82. The summed E-state index contributed by atoms with van der Waals surface area (Å²) in [6.07, 6.45) is 5.50. The molecule has 0 unspecified atom stereocenters. The van der Waals surface area contributed by atoms with Crippen LogP contribution in [0.15, 0.2) is 48.7 Å². The number of hydrogen-bond donors (Lipinski definition) is 1. The molecule has 2 heterocycles. The maximum absolute atomic E-state index is 13.1. The van der Waals surface area contributed by atoms with Gasteiger partial charge in [0.25, 0.3) is 0 Å². The topological polar surface area (TPSA) is 58.2 Å². The molecule has 28 heavy (non-hydrogen) atoms. The normalized spacial score (nSPS) is 18.1. The highest BCUT2D eigenvalue weighted by atomic mass is 16.5. The molecule has 1 aliphatic heterocycles. The maximum Gasteiger partial charge on any atom is 0.230 e. The zero-order valence-corrected chi connectivity index (χ0v) is 15.9. The van der Waals surface area contributed by atoms with Crippen molar-refractivity contribution in [2.45, 2.75) is 25.7 Å². The number of H-pyrrole nitrogens is 1. The Bertz CT molecular complexity index is 1040. The number of benzene rings is 2. The molecule has 1 aromatic heterocycles. The lowest BCUT2D eigenvalue weighted by molar-refractivity contribution is -0.120. The third-order valence-electron chi connectivity index (χ3n) is 5.99. The summed E-state index contributed by atoms with van der Waals surface area (Å²) in [4.78, 5) is 15.0. The molecule has 142 valence electrons. The van der Waals surface area contributed by atoms with E-state index in [2.05, 4.69) is 34.5 Å². The van der Waals surface area contributed by atoms with Crippen LogP contribution in [0.5, 0.6) is 5.75 Å². The third kappa shape index (κ3) is 2.87. The molecule has 1 fully saturated rings. The quantitative estimate of drug-likeness (QED) is 0.757. The van der Waals surface area contributed by atoms with Crippen LogP contribution >= 0.6 is 0 Å². The van der Waals surface area contributed by atoms with Gasteiger partial charge in [-0.15, -0.1) is 0 Å². The van der Waals surface area contributed by atoms with Crippen molar-refractivity contribution in [3.05, 3.63) is 65.5 Å². The number of carbonyl (C=O) groups excluding carboxylic acids is 1. The van der Waals surface area contributed by atoms with E-state index >= 15 is 0 Å². The first-order valence-electron chi connectivity index (χ1n) is 9.83. The van der Waals surface area contributed by atoms with Gasteiger partial charge in [-0.2, -0.15) is 5.10 Å². The summed E-state index contributed by atoms with van der Waals surface area (Å²) in [5, 5.41) is 7.27. The fraction of sp³-hybridized carbons (Fsp3) is 0.304. The lowest BCUT2D eigenvalue weighted by Crippen LogP contribution is -2.28. The van der Waals surface area contributed by atoms with Crippen molar-refractivity contribution < 1.29 is 9.53 Å². The van der Waals surface area contributed by atoms with Crippen molar-refractivity contribution in [3.8, 4) is 16.9 Å². The molecule has 5 rings (SSSR count). The van der Waals surface area contributed by atoms with Crippen LogP contribution in [0, 0.1) is 5.92 Å². The number of amides is 1. The van der Waals surface area contributed by atoms with Gasteiger partial charge in [0.2, 0.25) is 5.91 Å². The van der Waals surface area contributed by atoms with Gasteiger partial charge in [0.1, 0.15) is 5.75 Å². The molecule has 1 aliphatic carbocycles. The fourth-order valence-electron chi connectivity index (χ4n) is 4.48. The molecule has 0 radical (unpaired) electrons. The molecule has 2 aliphatic rings. The number of fused-ring (bicyclic) bond motifs is 3. The first-order chi connectivity index (χ1) is 13.7. The monoisotopic (exact) mass is 373 g/mol. The van der Waals surface area contributed by atoms with Crippen molar-refractivity contribution in [2.24, 2.45) is 5.92 Å². The summed E-state index contributed by atoms with van der Waals surface area (Å²) in [7, 11) is 1.67. The average Bonchev–Trinajstić information content (AvgIpc) is 3.35. The molecule has 3 aromatic rings. The summed E-state index contributed by atoms with van der Waals surface area (Å²) in [6, 6.07) is 14.4.